The van der Waals surface area contributed by atoms with Crippen LogP contribution in [0.2, 0.25) is 0 Å². The molecule has 0 saturated carbocycles. The van der Waals surface area contributed by atoms with Crippen LogP contribution in [0.25, 0.3) is 0 Å². The highest BCUT2D eigenvalue weighted by Gasteiger charge is 2.25. The summed E-state index contributed by atoms with van der Waals surface area (Å²) in [4.78, 5) is 0. The lowest BCUT2D eigenvalue weighted by atomic mass is 10.1. The highest BCUT2D eigenvalue weighted by atomic mass is 31.2. The first kappa shape index (κ1) is 21.1. The summed E-state index contributed by atoms with van der Waals surface area (Å²) in [7, 11) is -3.32. The van der Waals surface area contributed by atoms with Gasteiger partial charge in [-0.25, -0.2) is 4.57 Å². The molecule has 0 unspecified atom stereocenters. The summed E-state index contributed by atoms with van der Waals surface area (Å²) in [5.74, 6) is 0. The smallest absolute Gasteiger partial charge is 0.287 e. The number of hydrogen-bond donors (Lipinski definition) is 0. The molecular formula is C16H35O4P. The third-order valence-corrected chi connectivity index (χ3v) is 4.65. The van der Waals surface area contributed by atoms with Crippen LogP contribution in [0.15, 0.2) is 0 Å². The van der Waals surface area contributed by atoms with Crippen molar-refractivity contribution >= 4 is 7.82 Å². The summed E-state index contributed by atoms with van der Waals surface area (Å²) < 4.78 is 28.2. The Hall–Kier alpha value is 0.110. The second kappa shape index (κ2) is 15.0. The van der Waals surface area contributed by atoms with Gasteiger partial charge >= 0.3 is 7.82 Å². The van der Waals surface area contributed by atoms with Gasteiger partial charge in [0.15, 0.2) is 0 Å². The average molecular weight is 322 g/mol. The van der Waals surface area contributed by atoms with Gasteiger partial charge in [0.2, 0.25) is 0 Å². The molecule has 5 heteroatoms. The molecule has 0 aliphatic rings. The van der Waals surface area contributed by atoms with Gasteiger partial charge in [0.05, 0.1) is 19.8 Å². The van der Waals surface area contributed by atoms with Gasteiger partial charge in [0.1, 0.15) is 0 Å². The van der Waals surface area contributed by atoms with E-state index >= 15 is 0 Å². The maximum absolute atomic E-state index is 12.3. The topological polar surface area (TPSA) is 44.8 Å². The van der Waals surface area contributed by atoms with Crippen molar-refractivity contribution in [3.8, 4) is 0 Å². The average Bonchev–Trinajstić information content (AvgIpc) is 2.49. The van der Waals surface area contributed by atoms with Crippen molar-refractivity contribution in [2.75, 3.05) is 19.8 Å². The zero-order chi connectivity index (χ0) is 15.8. The van der Waals surface area contributed by atoms with Crippen LogP contribution in [0.5, 0.6) is 0 Å². The molecule has 0 aliphatic carbocycles. The quantitative estimate of drug-likeness (QED) is 0.254. The first-order valence-corrected chi connectivity index (χ1v) is 10.2. The number of phosphoric ester groups is 1. The monoisotopic (exact) mass is 322 g/mol. The largest absolute Gasteiger partial charge is 0.474 e. The molecule has 128 valence electrons. The molecule has 0 rings (SSSR count). The molecule has 0 aromatic carbocycles. The fourth-order valence-electron chi connectivity index (χ4n) is 1.93. The molecule has 21 heavy (non-hydrogen) atoms. The van der Waals surface area contributed by atoms with E-state index in [2.05, 4.69) is 6.92 Å². The lowest BCUT2D eigenvalue weighted by Gasteiger charge is -2.17. The Kier molecular flexibility index (Phi) is 15.1. The summed E-state index contributed by atoms with van der Waals surface area (Å²) in [6.45, 7) is 7.47. The van der Waals surface area contributed by atoms with Crippen molar-refractivity contribution in [1.29, 1.82) is 0 Å². The van der Waals surface area contributed by atoms with Gasteiger partial charge in [-0.05, 0) is 19.3 Å². The molecule has 0 spiro atoms. The predicted octanol–water partition coefficient (Wildman–Crippen LogP) is 6.11. The van der Waals surface area contributed by atoms with Crippen molar-refractivity contribution in [2.24, 2.45) is 0 Å². The highest BCUT2D eigenvalue weighted by Crippen LogP contribution is 2.49. The van der Waals surface area contributed by atoms with Crippen LogP contribution in [-0.4, -0.2) is 19.8 Å². The molecule has 0 atom stereocenters. The summed E-state index contributed by atoms with van der Waals surface area (Å²) in [5.41, 5.74) is 0. The minimum absolute atomic E-state index is 0.415. The number of phosphoric acid groups is 1. The fourth-order valence-corrected chi connectivity index (χ4v) is 3.32. The summed E-state index contributed by atoms with van der Waals surface area (Å²) in [6, 6.07) is 0. The van der Waals surface area contributed by atoms with Crippen LogP contribution in [0.3, 0.4) is 0 Å². The number of unbranched alkanes of at least 4 members (excludes halogenated alkanes) is 7. The van der Waals surface area contributed by atoms with E-state index in [0.717, 1.165) is 25.7 Å². The summed E-state index contributed by atoms with van der Waals surface area (Å²) >= 11 is 0. The predicted molar refractivity (Wildman–Crippen MR) is 88.7 cm³/mol. The maximum Gasteiger partial charge on any atom is 0.474 e. The third-order valence-electron chi connectivity index (χ3n) is 3.15. The van der Waals surface area contributed by atoms with E-state index in [4.69, 9.17) is 13.6 Å². The van der Waals surface area contributed by atoms with Gasteiger partial charge in [0, 0.05) is 0 Å². The van der Waals surface area contributed by atoms with Gasteiger partial charge in [0.25, 0.3) is 0 Å². The van der Waals surface area contributed by atoms with Gasteiger partial charge in [-0.15, -0.1) is 0 Å². The molecule has 0 radical (unpaired) electrons. The molecule has 0 N–H and O–H groups in total. The van der Waals surface area contributed by atoms with Gasteiger partial charge < -0.3 is 0 Å². The summed E-state index contributed by atoms with van der Waals surface area (Å²) in [5, 5.41) is 0. The second-order valence-corrected chi connectivity index (χ2v) is 7.09. The van der Waals surface area contributed by atoms with Gasteiger partial charge in [-0.2, -0.15) is 0 Å². The zero-order valence-electron chi connectivity index (χ0n) is 14.3. The molecule has 0 saturated heterocycles. The molecule has 0 aromatic rings. The first-order chi connectivity index (χ1) is 10.2. The van der Waals surface area contributed by atoms with Crippen LogP contribution in [-0.2, 0) is 18.1 Å². The molecular weight excluding hydrogens is 287 g/mol. The lowest BCUT2D eigenvalue weighted by Crippen LogP contribution is -2.03. The lowest BCUT2D eigenvalue weighted by molar-refractivity contribution is 0.111. The molecule has 0 heterocycles. The summed E-state index contributed by atoms with van der Waals surface area (Å²) in [6.07, 6.45) is 11.5. The van der Waals surface area contributed by atoms with Crippen LogP contribution in [0.4, 0.5) is 0 Å². The van der Waals surface area contributed by atoms with E-state index in [9.17, 15) is 4.57 Å². The Morgan fingerprint density at radius 2 is 1.00 bits per heavy atom. The minimum atomic E-state index is -3.32. The minimum Gasteiger partial charge on any atom is -0.287 e. The third kappa shape index (κ3) is 13.5. The van der Waals surface area contributed by atoms with E-state index < -0.39 is 7.82 Å². The number of hydrogen-bond acceptors (Lipinski definition) is 4. The van der Waals surface area contributed by atoms with Crippen molar-refractivity contribution in [1.82, 2.24) is 0 Å². The first-order valence-electron chi connectivity index (χ1n) is 8.72. The maximum atomic E-state index is 12.3. The Bertz CT molecular complexity index is 247. The number of rotatable bonds is 16. The molecule has 0 aliphatic heterocycles. The van der Waals surface area contributed by atoms with Gasteiger partial charge in [-0.1, -0.05) is 65.7 Å². The Balaban J connectivity index is 3.65. The van der Waals surface area contributed by atoms with E-state index in [-0.39, 0.29) is 0 Å². The van der Waals surface area contributed by atoms with Crippen molar-refractivity contribution in [3.63, 3.8) is 0 Å². The van der Waals surface area contributed by atoms with E-state index in [1.807, 2.05) is 13.8 Å². The molecule has 0 aromatic heterocycles. The van der Waals surface area contributed by atoms with E-state index in [1.54, 1.807) is 0 Å². The van der Waals surface area contributed by atoms with Gasteiger partial charge in [-0.3, -0.25) is 13.6 Å². The zero-order valence-corrected chi connectivity index (χ0v) is 15.2. The second-order valence-electron chi connectivity index (χ2n) is 5.42. The normalized spacial score (nSPS) is 12.0. The van der Waals surface area contributed by atoms with Crippen LogP contribution < -0.4 is 0 Å². The van der Waals surface area contributed by atoms with Crippen LogP contribution >= 0.6 is 7.82 Å². The Labute approximate surface area is 131 Å². The van der Waals surface area contributed by atoms with Crippen LogP contribution in [0, 0.1) is 0 Å². The van der Waals surface area contributed by atoms with E-state index in [0.29, 0.717) is 19.8 Å². The molecule has 4 nitrogen and oxygen atoms in total. The Morgan fingerprint density at radius 3 is 1.48 bits per heavy atom. The van der Waals surface area contributed by atoms with Crippen molar-refractivity contribution < 1.29 is 18.1 Å². The van der Waals surface area contributed by atoms with Crippen LogP contribution in [0.1, 0.15) is 85.0 Å². The highest BCUT2D eigenvalue weighted by molar-refractivity contribution is 7.48. The SMILES string of the molecule is CCCCCCCCCCOP(=O)(OCCC)OCCC. The molecule has 0 amide bonds. The van der Waals surface area contributed by atoms with Crippen molar-refractivity contribution in [2.45, 2.75) is 85.0 Å². The standard InChI is InChI=1S/C16H35O4P/c1-4-7-8-9-10-11-12-13-16-20-21(17,18-14-5-2)19-15-6-3/h4-16H2,1-3H3. The van der Waals surface area contributed by atoms with Crippen molar-refractivity contribution in [3.05, 3.63) is 0 Å². The fraction of sp³-hybridized carbons (Fsp3) is 1.00. The Morgan fingerprint density at radius 1 is 0.571 bits per heavy atom. The van der Waals surface area contributed by atoms with E-state index in [1.165, 1.54) is 38.5 Å². The molecule has 0 fully saturated rings. The molecule has 0 bridgehead atoms.